The van der Waals surface area contributed by atoms with E-state index in [0.717, 1.165) is 5.56 Å². The molecule has 0 aliphatic carbocycles. The fraction of sp³-hybridized carbons (Fsp3) is 0.0667. The van der Waals surface area contributed by atoms with Crippen LogP contribution in [-0.2, 0) is 11.3 Å². The van der Waals surface area contributed by atoms with E-state index < -0.39 is 10.9 Å². The van der Waals surface area contributed by atoms with Crippen molar-refractivity contribution in [2.75, 3.05) is 0 Å². The number of nitrogens with zero attached hydrogens (tertiary/aromatic N) is 2. The molecule has 0 aliphatic heterocycles. The van der Waals surface area contributed by atoms with Crippen LogP contribution in [-0.4, -0.2) is 16.7 Å². The maximum atomic E-state index is 11.7. The number of hydrogen-bond acceptors (Lipinski definition) is 5. The van der Waals surface area contributed by atoms with E-state index in [0.29, 0.717) is 5.56 Å². The number of amidine groups is 1. The molecule has 0 spiro atoms. The zero-order valence-electron chi connectivity index (χ0n) is 11.5. The number of nitro benzene ring substituents is 1. The third kappa shape index (κ3) is 4.14. The van der Waals surface area contributed by atoms with Crippen molar-refractivity contribution < 1.29 is 14.6 Å². The molecule has 2 N–H and O–H groups in total. The largest absolute Gasteiger partial charge is 0.384 e. The van der Waals surface area contributed by atoms with Gasteiger partial charge in [0.05, 0.1) is 10.5 Å². The first-order valence-corrected chi connectivity index (χ1v) is 6.38. The summed E-state index contributed by atoms with van der Waals surface area (Å²) in [7, 11) is 0. The fourth-order valence-corrected chi connectivity index (χ4v) is 1.70. The van der Waals surface area contributed by atoms with Crippen molar-refractivity contribution in [2.45, 2.75) is 6.42 Å². The third-order valence-electron chi connectivity index (χ3n) is 2.79. The molecule has 0 saturated heterocycles. The van der Waals surface area contributed by atoms with Crippen molar-refractivity contribution in [1.29, 1.82) is 0 Å². The Labute approximate surface area is 126 Å². The molecule has 0 unspecified atom stereocenters. The Bertz CT molecular complexity index is 696. The monoisotopic (exact) mass is 299 g/mol. The van der Waals surface area contributed by atoms with Gasteiger partial charge in [0, 0.05) is 18.6 Å². The van der Waals surface area contributed by atoms with Crippen molar-refractivity contribution in [2.24, 2.45) is 10.9 Å². The first-order chi connectivity index (χ1) is 10.6. The molecule has 0 atom stereocenters. The zero-order valence-corrected chi connectivity index (χ0v) is 11.5. The summed E-state index contributed by atoms with van der Waals surface area (Å²) < 4.78 is 0. The first kappa shape index (κ1) is 15.2. The molecular formula is C15H13N3O4. The van der Waals surface area contributed by atoms with Crippen molar-refractivity contribution in [3.63, 3.8) is 0 Å². The topological polar surface area (TPSA) is 108 Å². The van der Waals surface area contributed by atoms with Crippen LogP contribution < -0.4 is 5.73 Å². The molecule has 2 rings (SSSR count). The summed E-state index contributed by atoms with van der Waals surface area (Å²) in [5, 5.41) is 14.1. The van der Waals surface area contributed by atoms with Gasteiger partial charge in [0.2, 0.25) is 0 Å². The van der Waals surface area contributed by atoms with E-state index >= 15 is 0 Å². The number of carbonyl (C=O) groups excluding carboxylic acids is 1. The molecule has 0 saturated carbocycles. The van der Waals surface area contributed by atoms with Crippen LogP contribution in [0.2, 0.25) is 0 Å². The van der Waals surface area contributed by atoms with Crippen LogP contribution in [0.15, 0.2) is 59.8 Å². The molecule has 22 heavy (non-hydrogen) atoms. The van der Waals surface area contributed by atoms with E-state index in [4.69, 9.17) is 10.6 Å². The van der Waals surface area contributed by atoms with Gasteiger partial charge in [-0.25, -0.2) is 4.79 Å². The smallest absolute Gasteiger partial charge is 0.365 e. The highest BCUT2D eigenvalue weighted by molar-refractivity contribution is 5.90. The van der Waals surface area contributed by atoms with Crippen LogP contribution in [0, 0.1) is 10.1 Å². The summed E-state index contributed by atoms with van der Waals surface area (Å²) in [6.45, 7) is 0. The van der Waals surface area contributed by atoms with Crippen LogP contribution in [0.5, 0.6) is 0 Å². The Balaban J connectivity index is 1.95. The molecule has 7 nitrogen and oxygen atoms in total. The summed E-state index contributed by atoms with van der Waals surface area (Å²) in [4.78, 5) is 26.5. The van der Waals surface area contributed by atoms with Gasteiger partial charge in [-0.1, -0.05) is 35.5 Å². The lowest BCUT2D eigenvalue weighted by Gasteiger charge is -2.01. The van der Waals surface area contributed by atoms with Crippen LogP contribution in [0.1, 0.15) is 15.9 Å². The van der Waals surface area contributed by atoms with E-state index in [1.165, 1.54) is 12.1 Å². The maximum absolute atomic E-state index is 11.7. The molecule has 0 aromatic heterocycles. The summed E-state index contributed by atoms with van der Waals surface area (Å²) in [5.41, 5.74) is 6.76. The number of nitro groups is 1. The Morgan fingerprint density at radius 3 is 2.36 bits per heavy atom. The maximum Gasteiger partial charge on any atom is 0.365 e. The Morgan fingerprint density at radius 2 is 1.77 bits per heavy atom. The van der Waals surface area contributed by atoms with Gasteiger partial charge in [-0.2, -0.15) is 0 Å². The van der Waals surface area contributed by atoms with Gasteiger partial charge in [-0.15, -0.1) is 0 Å². The predicted octanol–water partition coefficient (Wildman–Crippen LogP) is 2.27. The van der Waals surface area contributed by atoms with Crippen LogP contribution in [0.3, 0.4) is 0 Å². The lowest BCUT2D eigenvalue weighted by molar-refractivity contribution is -0.384. The number of benzene rings is 2. The molecule has 7 heteroatoms. The van der Waals surface area contributed by atoms with Gasteiger partial charge in [-0.05, 0) is 17.7 Å². The van der Waals surface area contributed by atoms with Crippen LogP contribution in [0.25, 0.3) is 0 Å². The van der Waals surface area contributed by atoms with E-state index in [1.54, 1.807) is 42.5 Å². The first-order valence-electron chi connectivity index (χ1n) is 6.38. The zero-order chi connectivity index (χ0) is 15.9. The third-order valence-corrected chi connectivity index (χ3v) is 2.79. The fourth-order valence-electron chi connectivity index (χ4n) is 1.70. The molecule has 0 radical (unpaired) electrons. The SMILES string of the molecule is N/C(Cc1ccc([N+](=O)[O-])cc1)=N\OC(=O)c1ccccc1. The average molecular weight is 299 g/mol. The number of rotatable bonds is 5. The molecular weight excluding hydrogens is 286 g/mol. The van der Waals surface area contributed by atoms with Crippen molar-refractivity contribution in [3.05, 3.63) is 75.8 Å². The number of hydrogen-bond donors (Lipinski definition) is 1. The van der Waals surface area contributed by atoms with E-state index in [-0.39, 0.29) is 17.9 Å². The van der Waals surface area contributed by atoms with Gasteiger partial charge in [0.15, 0.2) is 0 Å². The van der Waals surface area contributed by atoms with Gasteiger partial charge in [-0.3, -0.25) is 10.1 Å². The second-order valence-corrected chi connectivity index (χ2v) is 4.43. The van der Waals surface area contributed by atoms with Gasteiger partial charge < -0.3 is 10.6 Å². The van der Waals surface area contributed by atoms with Crippen LogP contribution >= 0.6 is 0 Å². The van der Waals surface area contributed by atoms with Crippen molar-refractivity contribution in [1.82, 2.24) is 0 Å². The number of carbonyl (C=O) groups is 1. The van der Waals surface area contributed by atoms with Crippen LogP contribution in [0.4, 0.5) is 5.69 Å². The number of oxime groups is 1. The molecule has 2 aromatic carbocycles. The highest BCUT2D eigenvalue weighted by atomic mass is 16.7. The average Bonchev–Trinajstić information content (AvgIpc) is 2.54. The molecule has 0 aliphatic rings. The van der Waals surface area contributed by atoms with Crippen molar-refractivity contribution >= 4 is 17.5 Å². The number of nitrogens with two attached hydrogens (primary N) is 1. The predicted molar refractivity (Wildman–Crippen MR) is 80.3 cm³/mol. The summed E-state index contributed by atoms with van der Waals surface area (Å²) in [6.07, 6.45) is 0.222. The Kier molecular flexibility index (Phi) is 4.81. The minimum atomic E-state index is -0.604. The summed E-state index contributed by atoms with van der Waals surface area (Å²) in [5.74, 6) is -0.509. The minimum Gasteiger partial charge on any atom is -0.384 e. The van der Waals surface area contributed by atoms with E-state index in [1.807, 2.05) is 0 Å². The summed E-state index contributed by atoms with van der Waals surface area (Å²) >= 11 is 0. The quantitative estimate of drug-likeness (QED) is 0.299. The van der Waals surface area contributed by atoms with Gasteiger partial charge >= 0.3 is 5.97 Å². The second-order valence-electron chi connectivity index (χ2n) is 4.43. The lowest BCUT2D eigenvalue weighted by Crippen LogP contribution is -2.16. The van der Waals surface area contributed by atoms with Crippen molar-refractivity contribution in [3.8, 4) is 0 Å². The Hall–Kier alpha value is -3.22. The molecule has 0 bridgehead atoms. The second kappa shape index (κ2) is 6.98. The normalized spacial score (nSPS) is 11.0. The molecule has 112 valence electrons. The number of non-ortho nitro benzene ring substituents is 1. The summed E-state index contributed by atoms with van der Waals surface area (Å²) in [6, 6.07) is 14.3. The molecule has 2 aromatic rings. The van der Waals surface area contributed by atoms with E-state index in [9.17, 15) is 14.9 Å². The molecule has 0 heterocycles. The van der Waals surface area contributed by atoms with E-state index in [2.05, 4.69) is 5.16 Å². The lowest BCUT2D eigenvalue weighted by atomic mass is 10.1. The molecule has 0 fully saturated rings. The standard InChI is InChI=1S/C15H13N3O4/c16-14(10-11-6-8-13(9-7-11)18(20)21)17-22-15(19)12-4-2-1-3-5-12/h1-9H,10H2,(H2,16,17). The highest BCUT2D eigenvalue weighted by Crippen LogP contribution is 2.12. The van der Waals surface area contributed by atoms with Gasteiger partial charge in [0.1, 0.15) is 5.84 Å². The Morgan fingerprint density at radius 1 is 1.14 bits per heavy atom. The molecule has 0 amide bonds. The van der Waals surface area contributed by atoms with Gasteiger partial charge in [0.25, 0.3) is 5.69 Å². The minimum absolute atomic E-state index is 0.00485. The highest BCUT2D eigenvalue weighted by Gasteiger charge is 2.07.